The highest BCUT2D eigenvalue weighted by molar-refractivity contribution is 5.70. The van der Waals surface area contributed by atoms with Crippen LogP contribution in [0.5, 0.6) is 0 Å². The van der Waals surface area contributed by atoms with Gasteiger partial charge < -0.3 is 14.9 Å². The first-order chi connectivity index (χ1) is 8.98. The minimum absolute atomic E-state index is 0.210. The van der Waals surface area contributed by atoms with Crippen LogP contribution in [0.25, 0.3) is 0 Å². The van der Waals surface area contributed by atoms with Crippen LogP contribution in [0.3, 0.4) is 0 Å². The van der Waals surface area contributed by atoms with Gasteiger partial charge in [-0.2, -0.15) is 0 Å². The van der Waals surface area contributed by atoms with E-state index in [-0.39, 0.29) is 12.0 Å². The van der Waals surface area contributed by atoms with E-state index in [0.717, 1.165) is 26.1 Å². The second kappa shape index (κ2) is 6.20. The Labute approximate surface area is 114 Å². The minimum Gasteiger partial charge on any atom is -0.481 e. The summed E-state index contributed by atoms with van der Waals surface area (Å²) in [6, 6.07) is 0. The summed E-state index contributed by atoms with van der Waals surface area (Å²) in [6.07, 6.45) is 3.57. The lowest BCUT2D eigenvalue weighted by Crippen LogP contribution is -2.47. The lowest BCUT2D eigenvalue weighted by molar-refractivity contribution is -0.145. The minimum atomic E-state index is -0.723. The molecular weight excluding hydrogens is 246 g/mol. The van der Waals surface area contributed by atoms with Crippen molar-refractivity contribution in [2.45, 2.75) is 50.7 Å². The van der Waals surface area contributed by atoms with Crippen molar-refractivity contribution in [3.05, 3.63) is 0 Å². The zero-order valence-corrected chi connectivity index (χ0v) is 11.7. The molecule has 1 atom stereocenters. The average Bonchev–Trinajstić information content (AvgIpc) is 2.53. The van der Waals surface area contributed by atoms with Gasteiger partial charge in [0.1, 0.15) is 0 Å². The number of hydrogen-bond acceptors (Lipinski definition) is 4. The first-order valence-corrected chi connectivity index (χ1v) is 7.28. The van der Waals surface area contributed by atoms with Crippen LogP contribution >= 0.6 is 0 Å². The van der Waals surface area contributed by atoms with E-state index in [1.54, 1.807) is 0 Å². The maximum atomic E-state index is 10.9. The van der Waals surface area contributed by atoms with E-state index < -0.39 is 11.6 Å². The molecule has 1 unspecified atom stereocenters. The fourth-order valence-corrected chi connectivity index (χ4v) is 3.20. The molecule has 5 nitrogen and oxygen atoms in total. The summed E-state index contributed by atoms with van der Waals surface area (Å²) in [7, 11) is 0. The third-order valence-corrected chi connectivity index (χ3v) is 4.32. The smallest absolute Gasteiger partial charge is 0.306 e. The Morgan fingerprint density at radius 1 is 1.42 bits per heavy atom. The zero-order valence-electron chi connectivity index (χ0n) is 11.7. The molecule has 1 saturated carbocycles. The van der Waals surface area contributed by atoms with E-state index in [4.69, 9.17) is 9.84 Å². The number of nitrogens with zero attached hydrogens (tertiary/aromatic N) is 1. The van der Waals surface area contributed by atoms with Gasteiger partial charge in [-0.3, -0.25) is 9.69 Å². The predicted molar refractivity (Wildman–Crippen MR) is 71.0 cm³/mol. The number of β-amino-alcohol motifs (C(OH)–C–C–N with tert-alkyl or cyclic N) is 1. The second-order valence-corrected chi connectivity index (χ2v) is 6.11. The molecule has 5 heteroatoms. The van der Waals surface area contributed by atoms with Crippen LogP contribution in [0.1, 0.15) is 39.0 Å². The molecule has 2 fully saturated rings. The molecule has 0 aromatic heterocycles. The van der Waals surface area contributed by atoms with E-state index in [9.17, 15) is 9.90 Å². The third kappa shape index (κ3) is 4.16. The van der Waals surface area contributed by atoms with Gasteiger partial charge in [0.05, 0.1) is 17.6 Å². The summed E-state index contributed by atoms with van der Waals surface area (Å²) in [5.41, 5.74) is -0.712. The number of hydrogen-bond donors (Lipinski definition) is 2. The molecule has 0 aromatic carbocycles. The highest BCUT2D eigenvalue weighted by atomic mass is 16.5. The largest absolute Gasteiger partial charge is 0.481 e. The van der Waals surface area contributed by atoms with Crippen molar-refractivity contribution in [2.75, 3.05) is 26.2 Å². The monoisotopic (exact) mass is 271 g/mol. The van der Waals surface area contributed by atoms with Crippen molar-refractivity contribution in [1.29, 1.82) is 0 Å². The summed E-state index contributed by atoms with van der Waals surface area (Å²) >= 11 is 0. The number of aliphatic carboxylic acids is 1. The summed E-state index contributed by atoms with van der Waals surface area (Å²) < 4.78 is 5.60. The standard InChI is InChI=1S/C14H25NO4/c1-11-9-15(7-2-8-19-11)10-14(18)5-3-12(4-6-14)13(16)17/h11-12,18H,2-10H2,1H3,(H,16,17). The van der Waals surface area contributed by atoms with E-state index in [1.807, 2.05) is 0 Å². The number of carboxylic acids is 1. The fraction of sp³-hybridized carbons (Fsp3) is 0.929. The first kappa shape index (κ1) is 14.8. The van der Waals surface area contributed by atoms with Crippen molar-refractivity contribution >= 4 is 5.97 Å². The topological polar surface area (TPSA) is 70.0 Å². The molecule has 0 bridgehead atoms. The quantitative estimate of drug-likeness (QED) is 0.804. The summed E-state index contributed by atoms with van der Waals surface area (Å²) in [6.45, 7) is 5.30. The van der Waals surface area contributed by atoms with Crippen LogP contribution in [0, 0.1) is 5.92 Å². The molecule has 0 radical (unpaired) electrons. The van der Waals surface area contributed by atoms with Crippen molar-refractivity contribution in [3.8, 4) is 0 Å². The van der Waals surface area contributed by atoms with E-state index in [1.165, 1.54) is 0 Å². The van der Waals surface area contributed by atoms with Crippen LogP contribution in [-0.4, -0.2) is 59.0 Å². The second-order valence-electron chi connectivity index (χ2n) is 6.11. The molecular formula is C14H25NO4. The van der Waals surface area contributed by atoms with Crippen molar-refractivity contribution < 1.29 is 19.7 Å². The van der Waals surface area contributed by atoms with Crippen molar-refractivity contribution in [3.63, 3.8) is 0 Å². The molecule has 19 heavy (non-hydrogen) atoms. The molecule has 0 spiro atoms. The average molecular weight is 271 g/mol. The van der Waals surface area contributed by atoms with Gasteiger partial charge in [0.2, 0.25) is 0 Å². The van der Waals surface area contributed by atoms with E-state index in [2.05, 4.69) is 11.8 Å². The molecule has 0 aromatic rings. The molecule has 1 heterocycles. The molecule has 2 aliphatic rings. The lowest BCUT2D eigenvalue weighted by Gasteiger charge is -2.38. The molecule has 2 rings (SSSR count). The SMILES string of the molecule is CC1CN(CC2(O)CCC(C(=O)O)CC2)CCCO1. The summed E-state index contributed by atoms with van der Waals surface area (Å²) in [4.78, 5) is 13.2. The Bertz CT molecular complexity index is 313. The molecule has 0 amide bonds. The number of aliphatic hydroxyl groups is 1. The predicted octanol–water partition coefficient (Wildman–Crippen LogP) is 1.10. The Morgan fingerprint density at radius 3 is 2.74 bits per heavy atom. The van der Waals surface area contributed by atoms with E-state index >= 15 is 0 Å². The van der Waals surface area contributed by atoms with Gasteiger partial charge in [0.15, 0.2) is 0 Å². The highest BCUT2D eigenvalue weighted by Gasteiger charge is 2.37. The van der Waals surface area contributed by atoms with Crippen molar-refractivity contribution in [2.24, 2.45) is 5.92 Å². The summed E-state index contributed by atoms with van der Waals surface area (Å²) in [5.74, 6) is -0.995. The molecule has 1 saturated heterocycles. The number of carboxylic acid groups (broad SMARTS) is 1. The van der Waals surface area contributed by atoms with Crippen LogP contribution in [0.2, 0.25) is 0 Å². The Kier molecular flexibility index (Phi) is 4.81. The maximum absolute atomic E-state index is 10.9. The molecule has 2 N–H and O–H groups in total. The summed E-state index contributed by atoms with van der Waals surface area (Å²) in [5, 5.41) is 19.6. The van der Waals surface area contributed by atoms with Gasteiger partial charge >= 0.3 is 5.97 Å². The van der Waals surface area contributed by atoms with Crippen LogP contribution in [0.15, 0.2) is 0 Å². The van der Waals surface area contributed by atoms with Crippen LogP contribution < -0.4 is 0 Å². The highest BCUT2D eigenvalue weighted by Crippen LogP contribution is 2.33. The Hall–Kier alpha value is -0.650. The fourth-order valence-electron chi connectivity index (χ4n) is 3.20. The normalized spacial score (nSPS) is 37.8. The van der Waals surface area contributed by atoms with Gasteiger partial charge in [0.25, 0.3) is 0 Å². The molecule has 1 aliphatic carbocycles. The van der Waals surface area contributed by atoms with Crippen LogP contribution in [-0.2, 0) is 9.53 Å². The van der Waals surface area contributed by atoms with Gasteiger partial charge in [-0.25, -0.2) is 0 Å². The number of ether oxygens (including phenoxy) is 1. The Balaban J connectivity index is 1.86. The van der Waals surface area contributed by atoms with Gasteiger partial charge in [0, 0.05) is 26.2 Å². The van der Waals surface area contributed by atoms with Crippen molar-refractivity contribution in [1.82, 2.24) is 4.90 Å². The number of carbonyl (C=O) groups is 1. The van der Waals surface area contributed by atoms with Gasteiger partial charge in [-0.15, -0.1) is 0 Å². The van der Waals surface area contributed by atoms with E-state index in [0.29, 0.717) is 32.2 Å². The molecule has 110 valence electrons. The lowest BCUT2D eigenvalue weighted by atomic mass is 9.78. The Morgan fingerprint density at radius 2 is 2.11 bits per heavy atom. The number of rotatable bonds is 3. The third-order valence-electron chi connectivity index (χ3n) is 4.32. The van der Waals surface area contributed by atoms with Gasteiger partial charge in [-0.05, 0) is 39.0 Å². The molecule has 1 aliphatic heterocycles. The first-order valence-electron chi connectivity index (χ1n) is 7.28. The zero-order chi connectivity index (χ0) is 13.9. The van der Waals surface area contributed by atoms with Gasteiger partial charge in [-0.1, -0.05) is 0 Å². The van der Waals surface area contributed by atoms with Crippen LogP contribution in [0.4, 0.5) is 0 Å². The maximum Gasteiger partial charge on any atom is 0.306 e.